The molecule has 1 atom stereocenters. The van der Waals surface area contributed by atoms with Crippen molar-refractivity contribution in [3.05, 3.63) is 105 Å². The number of nitrogens with zero attached hydrogens (tertiary/aromatic N) is 2. The summed E-state index contributed by atoms with van der Waals surface area (Å²) in [5.74, 6) is 0. The molecular weight excluding hydrogens is 438 g/mol. The lowest BCUT2D eigenvalue weighted by Crippen LogP contribution is -2.38. The van der Waals surface area contributed by atoms with Crippen LogP contribution in [0.5, 0.6) is 0 Å². The lowest BCUT2D eigenvalue weighted by Gasteiger charge is -2.31. The Balaban J connectivity index is 1.51. The van der Waals surface area contributed by atoms with Gasteiger partial charge in [0.15, 0.2) is 0 Å². The highest BCUT2D eigenvalue weighted by Crippen LogP contribution is 2.44. The van der Waals surface area contributed by atoms with Crippen LogP contribution in [-0.2, 0) is 19.4 Å². The molecule has 0 saturated carbocycles. The molecule has 5 heteroatoms. The van der Waals surface area contributed by atoms with E-state index in [0.717, 1.165) is 35.3 Å². The highest BCUT2D eigenvalue weighted by atomic mass is 32.1. The van der Waals surface area contributed by atoms with Crippen LogP contribution in [0.1, 0.15) is 57.3 Å². The summed E-state index contributed by atoms with van der Waals surface area (Å²) in [6.07, 6.45) is 6.92. The van der Waals surface area contributed by atoms with Crippen LogP contribution in [0, 0.1) is 13.8 Å². The van der Waals surface area contributed by atoms with Crippen LogP contribution < -0.4 is 5.32 Å². The second-order valence-corrected chi connectivity index (χ2v) is 10.6. The fourth-order valence-electron chi connectivity index (χ4n) is 5.50. The van der Waals surface area contributed by atoms with Crippen molar-refractivity contribution >= 4 is 23.1 Å². The van der Waals surface area contributed by atoms with Gasteiger partial charge in [-0.05, 0) is 80.5 Å². The van der Waals surface area contributed by atoms with Gasteiger partial charge in [-0.3, -0.25) is 0 Å². The zero-order valence-electron chi connectivity index (χ0n) is 19.7. The van der Waals surface area contributed by atoms with Gasteiger partial charge in [0.2, 0.25) is 0 Å². The number of thiophene rings is 1. The molecule has 2 amide bonds. The Morgan fingerprint density at radius 3 is 2.56 bits per heavy atom. The zero-order chi connectivity index (χ0) is 23.2. The largest absolute Gasteiger partial charge is 0.322 e. The summed E-state index contributed by atoms with van der Waals surface area (Å²) < 4.78 is 2.34. The number of anilines is 1. The first kappa shape index (κ1) is 21.2. The van der Waals surface area contributed by atoms with Gasteiger partial charge in [-0.15, -0.1) is 11.3 Å². The molecule has 1 unspecified atom stereocenters. The number of carbonyl (C=O) groups is 1. The SMILES string of the molecule is Cc1cccc(NC(=O)N2Cc3c(sc4c3CCCC4)-n3cccc3C2c2cccc(C)c2)c1. The number of amides is 2. The molecule has 2 aromatic carbocycles. The van der Waals surface area contributed by atoms with E-state index >= 15 is 0 Å². The first-order valence-corrected chi connectivity index (χ1v) is 12.9. The van der Waals surface area contributed by atoms with Crippen molar-refractivity contribution in [3.8, 4) is 5.00 Å². The minimum Gasteiger partial charge on any atom is -0.310 e. The molecular formula is C29H29N3OS. The average Bonchev–Trinajstić information content (AvgIpc) is 3.41. The molecule has 2 aromatic heterocycles. The van der Waals surface area contributed by atoms with Crippen LogP contribution in [0.25, 0.3) is 5.00 Å². The van der Waals surface area contributed by atoms with Crippen molar-refractivity contribution in [1.82, 2.24) is 9.47 Å². The average molecular weight is 468 g/mol. The van der Waals surface area contributed by atoms with Crippen molar-refractivity contribution in [1.29, 1.82) is 0 Å². The molecule has 172 valence electrons. The highest BCUT2D eigenvalue weighted by Gasteiger charge is 2.36. The second-order valence-electron chi connectivity index (χ2n) is 9.54. The van der Waals surface area contributed by atoms with Gasteiger partial charge >= 0.3 is 6.03 Å². The van der Waals surface area contributed by atoms with Crippen LogP contribution in [0.15, 0.2) is 66.9 Å². The summed E-state index contributed by atoms with van der Waals surface area (Å²) in [4.78, 5) is 17.5. The fourth-order valence-corrected chi connectivity index (χ4v) is 6.90. The van der Waals surface area contributed by atoms with Crippen LogP contribution in [0.4, 0.5) is 10.5 Å². The number of aryl methyl sites for hydroxylation is 3. The molecule has 34 heavy (non-hydrogen) atoms. The van der Waals surface area contributed by atoms with Gasteiger partial charge in [-0.25, -0.2) is 4.79 Å². The van der Waals surface area contributed by atoms with Gasteiger partial charge in [0.25, 0.3) is 0 Å². The molecule has 0 fully saturated rings. The number of carbonyl (C=O) groups excluding carboxylic acids is 1. The minimum atomic E-state index is -0.168. The molecule has 6 rings (SSSR count). The maximum atomic E-state index is 13.9. The molecule has 2 aliphatic rings. The van der Waals surface area contributed by atoms with E-state index < -0.39 is 0 Å². The number of hydrogen-bond acceptors (Lipinski definition) is 2. The van der Waals surface area contributed by atoms with Gasteiger partial charge < -0.3 is 14.8 Å². The van der Waals surface area contributed by atoms with E-state index in [1.165, 1.54) is 39.4 Å². The van der Waals surface area contributed by atoms with E-state index in [1.54, 1.807) is 0 Å². The molecule has 4 nitrogen and oxygen atoms in total. The Kier molecular flexibility index (Phi) is 5.30. The molecule has 0 bridgehead atoms. The normalized spacial score (nSPS) is 16.9. The quantitative estimate of drug-likeness (QED) is 0.333. The van der Waals surface area contributed by atoms with Crippen molar-refractivity contribution in [2.45, 2.75) is 52.1 Å². The van der Waals surface area contributed by atoms with E-state index in [9.17, 15) is 4.79 Å². The topological polar surface area (TPSA) is 37.3 Å². The summed E-state index contributed by atoms with van der Waals surface area (Å²) in [5, 5.41) is 4.49. The number of aromatic nitrogens is 1. The lowest BCUT2D eigenvalue weighted by atomic mass is 9.95. The summed E-state index contributed by atoms with van der Waals surface area (Å²) in [7, 11) is 0. The Bertz CT molecular complexity index is 1380. The van der Waals surface area contributed by atoms with Crippen molar-refractivity contribution in [2.24, 2.45) is 0 Å². The number of rotatable bonds is 2. The van der Waals surface area contributed by atoms with Gasteiger partial charge in [-0.1, -0.05) is 42.0 Å². The second kappa shape index (κ2) is 8.48. The highest BCUT2D eigenvalue weighted by molar-refractivity contribution is 7.15. The molecule has 1 N–H and O–H groups in total. The van der Waals surface area contributed by atoms with Crippen molar-refractivity contribution in [3.63, 3.8) is 0 Å². The molecule has 4 aromatic rings. The van der Waals surface area contributed by atoms with E-state index in [-0.39, 0.29) is 12.1 Å². The molecule has 0 saturated heterocycles. The zero-order valence-corrected chi connectivity index (χ0v) is 20.5. The monoisotopic (exact) mass is 467 g/mol. The van der Waals surface area contributed by atoms with Gasteiger partial charge in [-0.2, -0.15) is 0 Å². The Labute approximate surface area is 204 Å². The molecule has 1 aliphatic carbocycles. The van der Waals surface area contributed by atoms with E-state index in [2.05, 4.69) is 59.4 Å². The minimum absolute atomic E-state index is 0.0616. The maximum absolute atomic E-state index is 13.9. The van der Waals surface area contributed by atoms with Crippen LogP contribution in [-0.4, -0.2) is 15.5 Å². The Morgan fingerprint density at radius 2 is 1.74 bits per heavy atom. The van der Waals surface area contributed by atoms with Crippen molar-refractivity contribution < 1.29 is 4.79 Å². The number of benzene rings is 2. The third kappa shape index (κ3) is 3.64. The molecule has 0 radical (unpaired) electrons. The molecule has 0 spiro atoms. The van der Waals surface area contributed by atoms with E-state index in [1.807, 2.05) is 47.4 Å². The van der Waals surface area contributed by atoms with Crippen molar-refractivity contribution in [2.75, 3.05) is 5.32 Å². The smallest absolute Gasteiger partial charge is 0.310 e. The lowest BCUT2D eigenvalue weighted by molar-refractivity contribution is 0.194. The van der Waals surface area contributed by atoms with Gasteiger partial charge in [0.05, 0.1) is 18.3 Å². The van der Waals surface area contributed by atoms with Crippen LogP contribution in [0.2, 0.25) is 0 Å². The summed E-state index contributed by atoms with van der Waals surface area (Å²) in [6.45, 7) is 4.77. The van der Waals surface area contributed by atoms with Crippen LogP contribution in [0.3, 0.4) is 0 Å². The van der Waals surface area contributed by atoms with E-state index in [4.69, 9.17) is 0 Å². The predicted octanol–water partition coefficient (Wildman–Crippen LogP) is 7.17. The Hall–Kier alpha value is -3.31. The summed E-state index contributed by atoms with van der Waals surface area (Å²) in [5.41, 5.74) is 8.25. The third-order valence-corrected chi connectivity index (χ3v) is 8.40. The van der Waals surface area contributed by atoms with E-state index in [0.29, 0.717) is 6.54 Å². The number of fused-ring (bicyclic) bond motifs is 5. The Morgan fingerprint density at radius 1 is 0.941 bits per heavy atom. The van der Waals surface area contributed by atoms with Gasteiger partial charge in [0, 0.05) is 22.3 Å². The van der Waals surface area contributed by atoms with Gasteiger partial charge in [0.1, 0.15) is 5.00 Å². The maximum Gasteiger partial charge on any atom is 0.322 e. The molecule has 1 aliphatic heterocycles. The number of urea groups is 1. The number of nitrogens with one attached hydrogen (secondary N) is 1. The summed E-state index contributed by atoms with van der Waals surface area (Å²) in [6, 6.07) is 20.7. The first-order chi connectivity index (χ1) is 16.6. The van der Waals surface area contributed by atoms with Crippen LogP contribution >= 0.6 is 11.3 Å². The summed E-state index contributed by atoms with van der Waals surface area (Å²) >= 11 is 1.92. The fraction of sp³-hybridized carbons (Fsp3) is 0.276. The molecule has 3 heterocycles. The standard InChI is InChI=1S/C29H29N3OS/c1-19-8-5-10-21(16-19)27-25-13-7-15-31(25)28-24(23-12-3-4-14-26(23)34-28)18-32(27)29(33)30-22-11-6-9-20(2)17-22/h5-11,13,15-17,27H,3-4,12,14,18H2,1-2H3,(H,30,33). The third-order valence-electron chi connectivity index (χ3n) is 7.07. The first-order valence-electron chi connectivity index (χ1n) is 12.1. The number of hydrogen-bond donors (Lipinski definition) is 1. The predicted molar refractivity (Wildman–Crippen MR) is 139 cm³/mol.